The fourth-order valence-electron chi connectivity index (χ4n) is 1.79. The van der Waals surface area contributed by atoms with Crippen LogP contribution in [-0.2, 0) is 10.3 Å². The van der Waals surface area contributed by atoms with E-state index in [4.69, 9.17) is 4.74 Å². The lowest BCUT2D eigenvalue weighted by atomic mass is 10.0. The highest BCUT2D eigenvalue weighted by molar-refractivity contribution is 5.09. The van der Waals surface area contributed by atoms with Gasteiger partial charge < -0.3 is 9.72 Å². The number of aromatic amines is 1. The van der Waals surface area contributed by atoms with E-state index in [1.807, 2.05) is 6.92 Å². The number of aryl methyl sites for hydroxylation is 1. The maximum absolute atomic E-state index is 13.1. The first-order valence-corrected chi connectivity index (χ1v) is 4.94. The van der Waals surface area contributed by atoms with Crippen molar-refractivity contribution in [2.24, 2.45) is 0 Å². The summed E-state index contributed by atoms with van der Waals surface area (Å²) in [6.45, 7) is 3.98. The lowest BCUT2D eigenvalue weighted by molar-refractivity contribution is 0.00880. The zero-order valence-corrected chi connectivity index (χ0v) is 8.76. The third-order valence-corrected chi connectivity index (χ3v) is 2.75. The summed E-state index contributed by atoms with van der Waals surface area (Å²) in [5.74, 6) is -0.399. The normalized spacial score (nSPS) is 25.8. The monoisotopic (exact) mass is 212 g/mol. The molecule has 0 radical (unpaired) electrons. The zero-order chi connectivity index (χ0) is 11.1. The van der Waals surface area contributed by atoms with E-state index in [0.29, 0.717) is 12.4 Å². The van der Waals surface area contributed by atoms with E-state index in [9.17, 15) is 9.18 Å². The Balaban J connectivity index is 2.50. The van der Waals surface area contributed by atoms with Crippen LogP contribution in [0.1, 0.15) is 31.3 Å². The summed E-state index contributed by atoms with van der Waals surface area (Å²) < 4.78 is 18.6. The summed E-state index contributed by atoms with van der Waals surface area (Å²) in [5, 5.41) is 0. The highest BCUT2D eigenvalue weighted by Gasteiger charge is 2.34. The van der Waals surface area contributed by atoms with Gasteiger partial charge >= 0.3 is 0 Å². The van der Waals surface area contributed by atoms with E-state index in [1.54, 1.807) is 0 Å². The minimum absolute atomic E-state index is 0.116. The average Bonchev–Trinajstić information content (AvgIpc) is 2.62. The summed E-state index contributed by atoms with van der Waals surface area (Å²) in [6, 6.07) is 0. The van der Waals surface area contributed by atoms with Gasteiger partial charge in [0.05, 0.1) is 5.69 Å². The summed E-state index contributed by atoms with van der Waals surface area (Å²) in [5.41, 5.74) is -1.18. The molecule has 2 heterocycles. The van der Waals surface area contributed by atoms with Gasteiger partial charge in [-0.2, -0.15) is 4.39 Å². The lowest BCUT2D eigenvalue weighted by Gasteiger charge is -2.21. The van der Waals surface area contributed by atoms with Gasteiger partial charge in [0.2, 0.25) is 5.82 Å². The first-order chi connectivity index (χ1) is 7.03. The molecule has 2 rings (SSSR count). The Labute approximate surface area is 86.5 Å². The molecule has 1 fully saturated rings. The molecule has 0 spiro atoms. The number of rotatable bonds is 1. The third-order valence-electron chi connectivity index (χ3n) is 2.75. The number of hydrogen-bond donors (Lipinski definition) is 1. The molecule has 1 atom stereocenters. The first kappa shape index (κ1) is 10.3. The van der Waals surface area contributed by atoms with Crippen LogP contribution >= 0.6 is 0 Å². The van der Waals surface area contributed by atoms with Gasteiger partial charge in [0.1, 0.15) is 11.4 Å². The van der Waals surface area contributed by atoms with Crippen molar-refractivity contribution in [1.29, 1.82) is 0 Å². The van der Waals surface area contributed by atoms with E-state index in [1.165, 1.54) is 6.92 Å². The van der Waals surface area contributed by atoms with Crippen molar-refractivity contribution in [3.05, 3.63) is 27.7 Å². The van der Waals surface area contributed by atoms with Gasteiger partial charge in [0.15, 0.2) is 0 Å². The SMILES string of the molecule is Cc1nc(C2(C)CCCO2)[nH]c(=O)c1F. The molecule has 0 aliphatic carbocycles. The van der Waals surface area contributed by atoms with Crippen LogP contribution < -0.4 is 5.56 Å². The smallest absolute Gasteiger partial charge is 0.287 e. The highest BCUT2D eigenvalue weighted by atomic mass is 19.1. The van der Waals surface area contributed by atoms with Crippen molar-refractivity contribution in [2.75, 3.05) is 6.61 Å². The zero-order valence-electron chi connectivity index (χ0n) is 8.76. The summed E-state index contributed by atoms with van der Waals surface area (Å²) in [4.78, 5) is 17.7. The topological polar surface area (TPSA) is 55.0 Å². The van der Waals surface area contributed by atoms with Crippen LogP contribution in [0.25, 0.3) is 0 Å². The molecule has 1 N–H and O–H groups in total. The fraction of sp³-hybridized carbons (Fsp3) is 0.600. The molecule has 82 valence electrons. The van der Waals surface area contributed by atoms with E-state index < -0.39 is 17.0 Å². The molecule has 1 aromatic heterocycles. The number of H-pyrrole nitrogens is 1. The van der Waals surface area contributed by atoms with Crippen molar-refractivity contribution in [3.63, 3.8) is 0 Å². The van der Waals surface area contributed by atoms with Crippen molar-refractivity contribution >= 4 is 0 Å². The van der Waals surface area contributed by atoms with E-state index in [0.717, 1.165) is 12.8 Å². The Bertz CT molecular complexity index is 436. The van der Waals surface area contributed by atoms with E-state index in [-0.39, 0.29) is 5.69 Å². The Kier molecular flexibility index (Phi) is 2.34. The van der Waals surface area contributed by atoms with Crippen LogP contribution in [0.3, 0.4) is 0 Å². The van der Waals surface area contributed by atoms with Crippen LogP contribution in [0.2, 0.25) is 0 Å². The van der Waals surface area contributed by atoms with E-state index >= 15 is 0 Å². The van der Waals surface area contributed by atoms with Crippen molar-refractivity contribution in [3.8, 4) is 0 Å². The molecule has 0 bridgehead atoms. The quantitative estimate of drug-likeness (QED) is 0.762. The second-order valence-electron chi connectivity index (χ2n) is 4.00. The molecule has 1 aliphatic heterocycles. The molecule has 1 saturated heterocycles. The molecular formula is C10H13FN2O2. The Hall–Kier alpha value is -1.23. The molecule has 1 aromatic rings. The number of halogens is 1. The molecule has 4 nitrogen and oxygen atoms in total. The molecular weight excluding hydrogens is 199 g/mol. The molecule has 0 saturated carbocycles. The Morgan fingerprint density at radius 1 is 1.60 bits per heavy atom. The van der Waals surface area contributed by atoms with Crippen molar-refractivity contribution in [2.45, 2.75) is 32.3 Å². The van der Waals surface area contributed by atoms with Gasteiger partial charge in [-0.15, -0.1) is 0 Å². The Morgan fingerprint density at radius 3 is 2.87 bits per heavy atom. The molecule has 15 heavy (non-hydrogen) atoms. The Morgan fingerprint density at radius 2 is 2.33 bits per heavy atom. The van der Waals surface area contributed by atoms with Gasteiger partial charge in [-0.05, 0) is 26.7 Å². The van der Waals surface area contributed by atoms with Crippen LogP contribution in [0.5, 0.6) is 0 Å². The maximum Gasteiger partial charge on any atom is 0.287 e. The number of hydrogen-bond acceptors (Lipinski definition) is 3. The molecule has 5 heteroatoms. The second kappa shape index (κ2) is 3.41. The molecule has 1 aliphatic rings. The van der Waals surface area contributed by atoms with E-state index in [2.05, 4.69) is 9.97 Å². The number of aromatic nitrogens is 2. The molecule has 0 aromatic carbocycles. The predicted molar refractivity (Wildman–Crippen MR) is 52.1 cm³/mol. The van der Waals surface area contributed by atoms with Crippen LogP contribution in [-0.4, -0.2) is 16.6 Å². The minimum Gasteiger partial charge on any atom is -0.367 e. The molecule has 1 unspecified atom stereocenters. The summed E-state index contributed by atoms with van der Waals surface area (Å²) >= 11 is 0. The lowest BCUT2D eigenvalue weighted by Crippen LogP contribution is -2.29. The fourth-order valence-corrected chi connectivity index (χ4v) is 1.79. The van der Waals surface area contributed by atoms with Gasteiger partial charge in [-0.3, -0.25) is 4.79 Å². The average molecular weight is 212 g/mol. The van der Waals surface area contributed by atoms with Gasteiger partial charge in [-0.1, -0.05) is 0 Å². The number of nitrogens with one attached hydrogen (secondary N) is 1. The third kappa shape index (κ3) is 1.67. The largest absolute Gasteiger partial charge is 0.367 e. The predicted octanol–water partition coefficient (Wildman–Crippen LogP) is 1.24. The molecule has 0 amide bonds. The highest BCUT2D eigenvalue weighted by Crippen LogP contribution is 2.32. The van der Waals surface area contributed by atoms with Gasteiger partial charge in [-0.25, -0.2) is 4.98 Å². The maximum atomic E-state index is 13.1. The van der Waals surface area contributed by atoms with Gasteiger partial charge in [0, 0.05) is 6.61 Å². The summed E-state index contributed by atoms with van der Waals surface area (Å²) in [7, 11) is 0. The van der Waals surface area contributed by atoms with Crippen molar-refractivity contribution in [1.82, 2.24) is 9.97 Å². The second-order valence-corrected chi connectivity index (χ2v) is 4.00. The van der Waals surface area contributed by atoms with Gasteiger partial charge in [0.25, 0.3) is 5.56 Å². The standard InChI is InChI=1S/C10H13FN2O2/c1-6-7(11)8(14)13-9(12-6)10(2)4-3-5-15-10/h3-5H2,1-2H3,(H,12,13,14). The first-order valence-electron chi connectivity index (χ1n) is 4.94. The van der Waals surface area contributed by atoms with Crippen molar-refractivity contribution < 1.29 is 9.13 Å². The van der Waals surface area contributed by atoms with Crippen LogP contribution in [0, 0.1) is 12.7 Å². The number of ether oxygens (including phenoxy) is 1. The minimum atomic E-state index is -0.819. The van der Waals surface area contributed by atoms with Crippen LogP contribution in [0.4, 0.5) is 4.39 Å². The van der Waals surface area contributed by atoms with Crippen LogP contribution in [0.15, 0.2) is 4.79 Å². The number of nitrogens with zero attached hydrogens (tertiary/aromatic N) is 1. The summed E-state index contributed by atoms with van der Waals surface area (Å²) in [6.07, 6.45) is 1.72.